The Morgan fingerprint density at radius 1 is 1.10 bits per heavy atom. The Hall–Kier alpha value is -1.90. The summed E-state index contributed by atoms with van der Waals surface area (Å²) in [7, 11) is 0. The Morgan fingerprint density at radius 3 is 2.14 bits per heavy atom. The second-order valence-corrected chi connectivity index (χ2v) is 6.69. The number of allylic oxidation sites excluding steroid dienone is 2. The van der Waals surface area contributed by atoms with E-state index in [-0.39, 0.29) is 23.0 Å². The second-order valence-electron chi connectivity index (χ2n) is 6.69. The fraction of sp³-hybridized carbons (Fsp3) is 0.444. The van der Waals surface area contributed by atoms with Gasteiger partial charge in [-0.25, -0.2) is 0 Å². The monoisotopic (exact) mass is 285 g/mol. The van der Waals surface area contributed by atoms with Crippen molar-refractivity contribution < 1.29 is 9.59 Å². The lowest BCUT2D eigenvalue weighted by molar-refractivity contribution is -0.118. The van der Waals surface area contributed by atoms with Crippen LogP contribution >= 0.6 is 0 Å². The van der Waals surface area contributed by atoms with Crippen LogP contribution in [0.25, 0.3) is 0 Å². The lowest BCUT2D eigenvalue weighted by Crippen LogP contribution is -2.16. The van der Waals surface area contributed by atoms with E-state index < -0.39 is 0 Å². The third kappa shape index (κ3) is 3.23. The van der Waals surface area contributed by atoms with Crippen LogP contribution in [0.3, 0.4) is 0 Å². The Kier molecular flexibility index (Phi) is 4.04. The molecule has 0 aromatic heterocycles. The minimum absolute atomic E-state index is 0.0138. The average molecular weight is 285 g/mol. The van der Waals surface area contributed by atoms with Gasteiger partial charge in [-0.1, -0.05) is 25.5 Å². The van der Waals surface area contributed by atoms with E-state index in [1.54, 1.807) is 24.3 Å². The molecule has 3 nitrogen and oxygen atoms in total. The third-order valence-electron chi connectivity index (χ3n) is 4.27. The number of nitrogens with one attached hydrogen (secondary N) is 1. The zero-order chi connectivity index (χ0) is 15.8. The lowest BCUT2D eigenvalue weighted by Gasteiger charge is -2.06. The lowest BCUT2D eigenvalue weighted by atomic mass is 10.1. The molecule has 0 bridgehead atoms. The molecule has 2 rings (SSSR count). The Morgan fingerprint density at radius 2 is 1.67 bits per heavy atom. The Balaban J connectivity index is 2.05. The van der Waals surface area contributed by atoms with Gasteiger partial charge < -0.3 is 5.32 Å². The van der Waals surface area contributed by atoms with Crippen LogP contribution in [0.15, 0.2) is 35.9 Å². The summed E-state index contributed by atoms with van der Waals surface area (Å²) in [4.78, 5) is 23.6. The minimum Gasteiger partial charge on any atom is -0.326 e. The molecule has 21 heavy (non-hydrogen) atoms. The maximum atomic E-state index is 12.4. The molecular formula is C18H23NO2. The molecule has 1 aromatic rings. The first-order valence-corrected chi connectivity index (χ1v) is 7.30. The van der Waals surface area contributed by atoms with Crippen LogP contribution < -0.4 is 5.32 Å². The van der Waals surface area contributed by atoms with E-state index in [4.69, 9.17) is 0 Å². The van der Waals surface area contributed by atoms with Gasteiger partial charge in [0.15, 0.2) is 5.78 Å². The van der Waals surface area contributed by atoms with Crippen molar-refractivity contribution in [2.45, 2.75) is 34.6 Å². The van der Waals surface area contributed by atoms with Gasteiger partial charge in [-0.3, -0.25) is 9.59 Å². The average Bonchev–Trinajstić information content (AvgIpc) is 2.90. The number of hydrogen-bond acceptors (Lipinski definition) is 2. The molecule has 1 aliphatic carbocycles. The van der Waals surface area contributed by atoms with Gasteiger partial charge in [0, 0.05) is 11.3 Å². The highest BCUT2D eigenvalue weighted by Crippen LogP contribution is 2.59. The van der Waals surface area contributed by atoms with E-state index in [1.807, 2.05) is 0 Å². The second kappa shape index (κ2) is 5.47. The van der Waals surface area contributed by atoms with E-state index in [0.29, 0.717) is 11.5 Å². The summed E-state index contributed by atoms with van der Waals surface area (Å²) in [6.07, 6.45) is 2.18. The SMILES string of the molecule is CC(=O)c1ccc(NC(=O)C2C(C=C(C)C)C2(C)C)cc1. The van der Waals surface area contributed by atoms with Gasteiger partial charge in [0.1, 0.15) is 0 Å². The van der Waals surface area contributed by atoms with Crippen molar-refractivity contribution in [2.24, 2.45) is 17.3 Å². The maximum Gasteiger partial charge on any atom is 0.228 e. The molecule has 0 aliphatic heterocycles. The molecular weight excluding hydrogens is 262 g/mol. The molecule has 1 N–H and O–H groups in total. The van der Waals surface area contributed by atoms with Crippen LogP contribution in [-0.4, -0.2) is 11.7 Å². The number of rotatable bonds is 4. The first-order chi connectivity index (χ1) is 9.73. The van der Waals surface area contributed by atoms with Gasteiger partial charge in [0.2, 0.25) is 5.91 Å². The van der Waals surface area contributed by atoms with E-state index in [1.165, 1.54) is 12.5 Å². The summed E-state index contributed by atoms with van der Waals surface area (Å²) in [5, 5.41) is 2.95. The van der Waals surface area contributed by atoms with Gasteiger partial charge >= 0.3 is 0 Å². The summed E-state index contributed by atoms with van der Waals surface area (Å²) < 4.78 is 0. The van der Waals surface area contributed by atoms with Crippen molar-refractivity contribution in [3.8, 4) is 0 Å². The maximum absolute atomic E-state index is 12.4. The topological polar surface area (TPSA) is 46.2 Å². The summed E-state index contributed by atoms with van der Waals surface area (Å²) in [6.45, 7) is 9.90. The highest BCUT2D eigenvalue weighted by molar-refractivity contribution is 5.97. The van der Waals surface area contributed by atoms with Gasteiger partial charge in [-0.05, 0) is 56.4 Å². The van der Waals surface area contributed by atoms with Crippen molar-refractivity contribution in [2.75, 3.05) is 5.32 Å². The molecule has 112 valence electrons. The molecule has 2 unspecified atom stereocenters. The molecule has 1 amide bonds. The van der Waals surface area contributed by atoms with Crippen molar-refractivity contribution in [1.29, 1.82) is 0 Å². The Bertz CT molecular complexity index is 592. The van der Waals surface area contributed by atoms with E-state index >= 15 is 0 Å². The quantitative estimate of drug-likeness (QED) is 0.669. The molecule has 1 aliphatic rings. The van der Waals surface area contributed by atoms with E-state index in [2.05, 4.69) is 39.1 Å². The standard InChI is InChI=1S/C18H23NO2/c1-11(2)10-15-16(18(15,4)5)17(21)19-14-8-6-13(7-9-14)12(3)20/h6-10,15-16H,1-5H3,(H,19,21). The van der Waals surface area contributed by atoms with Crippen LogP contribution in [0, 0.1) is 17.3 Å². The molecule has 1 aromatic carbocycles. The number of benzene rings is 1. The van der Waals surface area contributed by atoms with Crippen LogP contribution in [-0.2, 0) is 4.79 Å². The smallest absolute Gasteiger partial charge is 0.228 e. The number of ketones is 1. The fourth-order valence-electron chi connectivity index (χ4n) is 2.86. The van der Waals surface area contributed by atoms with Crippen LogP contribution in [0.1, 0.15) is 45.0 Å². The van der Waals surface area contributed by atoms with Crippen molar-refractivity contribution in [3.05, 3.63) is 41.5 Å². The third-order valence-corrected chi connectivity index (χ3v) is 4.27. The molecule has 0 radical (unpaired) electrons. The number of carbonyl (C=O) groups is 2. The number of amides is 1. The zero-order valence-corrected chi connectivity index (χ0v) is 13.4. The van der Waals surface area contributed by atoms with Crippen LogP contribution in [0.5, 0.6) is 0 Å². The highest BCUT2D eigenvalue weighted by atomic mass is 16.2. The predicted octanol–water partition coefficient (Wildman–Crippen LogP) is 4.07. The van der Waals surface area contributed by atoms with E-state index in [9.17, 15) is 9.59 Å². The predicted molar refractivity (Wildman–Crippen MR) is 85.3 cm³/mol. The molecule has 0 heterocycles. The molecule has 0 spiro atoms. The molecule has 3 heteroatoms. The van der Waals surface area contributed by atoms with Gasteiger partial charge in [0.25, 0.3) is 0 Å². The highest BCUT2D eigenvalue weighted by Gasteiger charge is 2.60. The normalized spacial score (nSPS) is 22.3. The van der Waals surface area contributed by atoms with Gasteiger partial charge in [-0.15, -0.1) is 0 Å². The summed E-state index contributed by atoms with van der Waals surface area (Å²) in [5.74, 6) is 0.400. The number of Topliss-reactive ketones (excluding diaryl/α,β-unsaturated/α-hetero) is 1. The molecule has 1 saturated carbocycles. The molecule has 1 fully saturated rings. The van der Waals surface area contributed by atoms with Crippen LogP contribution in [0.2, 0.25) is 0 Å². The largest absolute Gasteiger partial charge is 0.326 e. The fourth-order valence-corrected chi connectivity index (χ4v) is 2.86. The first kappa shape index (κ1) is 15.5. The summed E-state index contributed by atoms with van der Waals surface area (Å²) >= 11 is 0. The number of carbonyl (C=O) groups excluding carboxylic acids is 2. The number of anilines is 1. The number of hydrogen-bond donors (Lipinski definition) is 1. The molecule has 0 saturated heterocycles. The summed E-state index contributed by atoms with van der Waals surface area (Å²) in [5.41, 5.74) is 2.65. The summed E-state index contributed by atoms with van der Waals surface area (Å²) in [6, 6.07) is 7.03. The van der Waals surface area contributed by atoms with Crippen molar-refractivity contribution >= 4 is 17.4 Å². The van der Waals surface area contributed by atoms with E-state index in [0.717, 1.165) is 5.69 Å². The van der Waals surface area contributed by atoms with Crippen molar-refractivity contribution in [1.82, 2.24) is 0 Å². The Labute approximate surface area is 126 Å². The van der Waals surface area contributed by atoms with Crippen LogP contribution in [0.4, 0.5) is 5.69 Å². The zero-order valence-electron chi connectivity index (χ0n) is 13.4. The van der Waals surface area contributed by atoms with Gasteiger partial charge in [-0.2, -0.15) is 0 Å². The molecule has 2 atom stereocenters. The van der Waals surface area contributed by atoms with Gasteiger partial charge in [0.05, 0.1) is 5.92 Å². The minimum atomic E-state index is 0.0138. The van der Waals surface area contributed by atoms with Crippen molar-refractivity contribution in [3.63, 3.8) is 0 Å². The first-order valence-electron chi connectivity index (χ1n) is 7.30.